The average molecular weight is 430 g/mol. The largest absolute Gasteiger partial charge is 0.387 e. The molecule has 0 spiro atoms. The van der Waals surface area contributed by atoms with E-state index in [1.807, 2.05) is 19.1 Å². The van der Waals surface area contributed by atoms with E-state index in [0.717, 1.165) is 17.3 Å². The van der Waals surface area contributed by atoms with Gasteiger partial charge in [0.25, 0.3) is 0 Å². The molecule has 4 aromatic rings. The van der Waals surface area contributed by atoms with E-state index in [-0.39, 0.29) is 11.1 Å². The molecule has 1 fully saturated rings. The second-order valence-corrected chi connectivity index (χ2v) is 7.68. The van der Waals surface area contributed by atoms with Crippen molar-refractivity contribution in [3.63, 3.8) is 0 Å². The molecule has 1 saturated heterocycles. The SMILES string of the molecule is Cc1ccnc2c1ccn2[C@@H]1O[C@H]([C@H](O)c2ccc3ncn(C(F)F)c3c2)[C@@H](O)[C@H]1O. The van der Waals surface area contributed by atoms with E-state index in [2.05, 4.69) is 9.97 Å². The van der Waals surface area contributed by atoms with Crippen LogP contribution < -0.4 is 0 Å². The number of halogens is 2. The van der Waals surface area contributed by atoms with Crippen molar-refractivity contribution in [2.45, 2.75) is 44.1 Å². The van der Waals surface area contributed by atoms with E-state index in [0.29, 0.717) is 15.7 Å². The number of aromatic nitrogens is 4. The predicted octanol–water partition coefficient (Wildman–Crippen LogP) is 2.44. The van der Waals surface area contributed by atoms with Crippen LogP contribution in [0.4, 0.5) is 8.78 Å². The molecule has 3 N–H and O–H groups in total. The van der Waals surface area contributed by atoms with Crippen LogP contribution in [0.2, 0.25) is 0 Å². The third-order valence-corrected chi connectivity index (χ3v) is 5.84. The molecule has 5 rings (SSSR count). The van der Waals surface area contributed by atoms with Gasteiger partial charge in [0.15, 0.2) is 6.23 Å². The smallest absolute Gasteiger partial charge is 0.320 e. The van der Waals surface area contributed by atoms with E-state index in [9.17, 15) is 24.1 Å². The molecule has 8 nitrogen and oxygen atoms in total. The van der Waals surface area contributed by atoms with Gasteiger partial charge in [-0.25, -0.2) is 9.97 Å². The minimum absolute atomic E-state index is 0.146. The van der Waals surface area contributed by atoms with Gasteiger partial charge in [-0.2, -0.15) is 8.78 Å². The Morgan fingerprint density at radius 3 is 2.68 bits per heavy atom. The van der Waals surface area contributed by atoms with Gasteiger partial charge in [0.1, 0.15) is 36.4 Å². The highest BCUT2D eigenvalue weighted by molar-refractivity contribution is 5.79. The number of nitrogens with zero attached hydrogens (tertiary/aromatic N) is 4. The van der Waals surface area contributed by atoms with Crippen LogP contribution in [0.3, 0.4) is 0 Å². The lowest BCUT2D eigenvalue weighted by atomic mass is 9.99. The van der Waals surface area contributed by atoms with Gasteiger partial charge < -0.3 is 24.6 Å². The number of hydrogen-bond acceptors (Lipinski definition) is 6. The standard InChI is InChI=1S/C21H20F2N4O4/c1-10-4-6-24-19-12(10)5-7-26(19)20-17(30)16(29)18(31-20)15(28)11-2-3-13-14(8-11)27(9-25-13)21(22)23/h2-9,15-18,20-21,28-30H,1H3/t15-,16+,17-,18-,20-/m1/s1. The summed E-state index contributed by atoms with van der Waals surface area (Å²) in [6, 6.07) is 8.12. The summed E-state index contributed by atoms with van der Waals surface area (Å²) in [5.41, 5.74) is 2.33. The minimum atomic E-state index is -2.78. The molecule has 0 unspecified atom stereocenters. The van der Waals surface area contributed by atoms with Crippen molar-refractivity contribution < 1.29 is 28.8 Å². The van der Waals surface area contributed by atoms with Crippen LogP contribution >= 0.6 is 0 Å². The second-order valence-electron chi connectivity index (χ2n) is 7.68. The average Bonchev–Trinajstić information content (AvgIpc) is 3.44. The first-order chi connectivity index (χ1) is 14.9. The van der Waals surface area contributed by atoms with Gasteiger partial charge in [0, 0.05) is 17.8 Å². The van der Waals surface area contributed by atoms with Crippen molar-refractivity contribution in [2.75, 3.05) is 0 Å². The number of aliphatic hydroxyl groups is 3. The van der Waals surface area contributed by atoms with Crippen molar-refractivity contribution in [3.05, 3.63) is 60.2 Å². The lowest BCUT2D eigenvalue weighted by molar-refractivity contribution is -0.0848. The van der Waals surface area contributed by atoms with Crippen molar-refractivity contribution in [1.29, 1.82) is 0 Å². The molecule has 1 aromatic carbocycles. The molecule has 0 radical (unpaired) electrons. The van der Waals surface area contributed by atoms with Gasteiger partial charge in [-0.1, -0.05) is 6.07 Å². The number of benzene rings is 1. The van der Waals surface area contributed by atoms with Gasteiger partial charge in [-0.15, -0.1) is 0 Å². The van der Waals surface area contributed by atoms with E-state index < -0.39 is 37.2 Å². The van der Waals surface area contributed by atoms with E-state index >= 15 is 0 Å². The van der Waals surface area contributed by atoms with Crippen LogP contribution in [0.25, 0.3) is 22.1 Å². The van der Waals surface area contributed by atoms with Crippen molar-refractivity contribution in [3.8, 4) is 0 Å². The van der Waals surface area contributed by atoms with E-state index in [1.54, 1.807) is 17.0 Å². The molecule has 3 aromatic heterocycles. The zero-order chi connectivity index (χ0) is 21.9. The molecule has 0 amide bonds. The summed E-state index contributed by atoms with van der Waals surface area (Å²) in [7, 11) is 0. The van der Waals surface area contributed by atoms with Gasteiger partial charge in [-0.3, -0.25) is 4.57 Å². The fraction of sp³-hybridized carbons (Fsp3) is 0.333. The van der Waals surface area contributed by atoms with Gasteiger partial charge >= 0.3 is 6.55 Å². The maximum Gasteiger partial charge on any atom is 0.320 e. The molecule has 1 aliphatic heterocycles. The van der Waals surface area contributed by atoms with Crippen LogP contribution in [-0.2, 0) is 4.74 Å². The molecule has 31 heavy (non-hydrogen) atoms. The number of aryl methyl sites for hydroxylation is 1. The molecule has 1 aliphatic rings. The van der Waals surface area contributed by atoms with Crippen molar-refractivity contribution >= 4 is 22.1 Å². The molecule has 0 saturated carbocycles. The van der Waals surface area contributed by atoms with Gasteiger partial charge in [0.05, 0.1) is 11.0 Å². The number of aliphatic hydroxyl groups excluding tert-OH is 3. The Kier molecular flexibility index (Phi) is 4.74. The lowest BCUT2D eigenvalue weighted by Gasteiger charge is -2.21. The second kappa shape index (κ2) is 7.34. The van der Waals surface area contributed by atoms with Crippen LogP contribution in [-0.4, -0.2) is 52.7 Å². The summed E-state index contributed by atoms with van der Waals surface area (Å²) in [4.78, 5) is 8.25. The summed E-state index contributed by atoms with van der Waals surface area (Å²) in [5.74, 6) is 0. The predicted molar refractivity (Wildman–Crippen MR) is 106 cm³/mol. The molecular formula is C21H20F2N4O4. The summed E-state index contributed by atoms with van der Waals surface area (Å²) in [5, 5.41) is 33.0. The monoisotopic (exact) mass is 430 g/mol. The molecule has 0 aliphatic carbocycles. The number of hydrogen-bond donors (Lipinski definition) is 3. The molecule has 0 bridgehead atoms. The highest BCUT2D eigenvalue weighted by Gasteiger charge is 2.47. The lowest BCUT2D eigenvalue weighted by Crippen LogP contribution is -2.34. The fourth-order valence-corrected chi connectivity index (χ4v) is 4.15. The molecule has 4 heterocycles. The van der Waals surface area contributed by atoms with Gasteiger partial charge in [0.2, 0.25) is 0 Å². The minimum Gasteiger partial charge on any atom is -0.387 e. The zero-order valence-corrected chi connectivity index (χ0v) is 16.4. The highest BCUT2D eigenvalue weighted by Crippen LogP contribution is 2.38. The Bertz CT molecular complexity index is 1260. The molecule has 10 heteroatoms. The Morgan fingerprint density at radius 2 is 1.90 bits per heavy atom. The Hall–Kier alpha value is -2.92. The number of rotatable bonds is 4. The van der Waals surface area contributed by atoms with Crippen LogP contribution in [0, 0.1) is 6.92 Å². The summed E-state index contributed by atoms with van der Waals surface area (Å²) in [6.45, 7) is -0.850. The summed E-state index contributed by atoms with van der Waals surface area (Å²) >= 11 is 0. The summed E-state index contributed by atoms with van der Waals surface area (Å²) in [6.07, 6.45) is -1.88. The topological polar surface area (TPSA) is 106 Å². The Balaban J connectivity index is 1.47. The number of fused-ring (bicyclic) bond motifs is 2. The third kappa shape index (κ3) is 3.10. The normalized spacial score (nSPS) is 25.1. The Morgan fingerprint density at radius 1 is 1.10 bits per heavy atom. The quantitative estimate of drug-likeness (QED) is 0.459. The van der Waals surface area contributed by atoms with E-state index in [4.69, 9.17) is 4.74 Å². The maximum absolute atomic E-state index is 13.2. The first-order valence-electron chi connectivity index (χ1n) is 9.73. The van der Waals surface area contributed by atoms with Crippen LogP contribution in [0.15, 0.2) is 49.1 Å². The first kappa shape index (κ1) is 20.0. The van der Waals surface area contributed by atoms with Crippen LogP contribution in [0.1, 0.15) is 30.0 Å². The third-order valence-electron chi connectivity index (χ3n) is 5.84. The van der Waals surface area contributed by atoms with Crippen molar-refractivity contribution in [2.24, 2.45) is 0 Å². The number of alkyl halides is 2. The maximum atomic E-state index is 13.2. The molecular weight excluding hydrogens is 410 g/mol. The van der Waals surface area contributed by atoms with Crippen LogP contribution in [0.5, 0.6) is 0 Å². The summed E-state index contributed by atoms with van der Waals surface area (Å²) < 4.78 is 34.6. The first-order valence-corrected chi connectivity index (χ1v) is 9.73. The number of ether oxygens (including phenoxy) is 1. The number of imidazole rings is 1. The van der Waals surface area contributed by atoms with Gasteiger partial charge in [-0.05, 0) is 42.3 Å². The van der Waals surface area contributed by atoms with Crippen molar-refractivity contribution in [1.82, 2.24) is 19.1 Å². The highest BCUT2D eigenvalue weighted by atomic mass is 19.3. The Labute approximate surface area is 175 Å². The molecule has 162 valence electrons. The van der Waals surface area contributed by atoms with E-state index in [1.165, 1.54) is 18.2 Å². The fourth-order valence-electron chi connectivity index (χ4n) is 4.15. The zero-order valence-electron chi connectivity index (χ0n) is 16.4. The number of pyridine rings is 1. The molecule has 5 atom stereocenters.